The average molecular weight is 285 g/mol. The maximum Gasteiger partial charge on any atom is 0.335 e. The van der Waals surface area contributed by atoms with Gasteiger partial charge in [-0.05, 0) is 44.4 Å². The van der Waals surface area contributed by atoms with Gasteiger partial charge in [0.25, 0.3) is 0 Å². The summed E-state index contributed by atoms with van der Waals surface area (Å²) in [5, 5.41) is 9.09. The van der Waals surface area contributed by atoms with Crippen LogP contribution in [0.4, 0.5) is 0 Å². The summed E-state index contributed by atoms with van der Waals surface area (Å²) in [5.74, 6) is 0.0834. The number of likely N-dealkylation sites (tertiary alicyclic amines) is 1. The first-order valence-corrected chi connectivity index (χ1v) is 7.59. The molecular formula is C16H19N3O2. The summed E-state index contributed by atoms with van der Waals surface area (Å²) in [7, 11) is 0. The lowest BCUT2D eigenvalue weighted by atomic mass is 10.2. The molecule has 21 heavy (non-hydrogen) atoms. The van der Waals surface area contributed by atoms with E-state index in [4.69, 9.17) is 5.11 Å². The fourth-order valence-corrected chi connectivity index (χ4v) is 3.56. The van der Waals surface area contributed by atoms with Gasteiger partial charge >= 0.3 is 5.97 Å². The third kappa shape index (κ3) is 2.12. The van der Waals surface area contributed by atoms with Crippen molar-refractivity contribution in [1.82, 2.24) is 14.5 Å². The van der Waals surface area contributed by atoms with Crippen molar-refractivity contribution in [3.05, 3.63) is 29.6 Å². The van der Waals surface area contributed by atoms with Crippen LogP contribution in [-0.2, 0) is 0 Å². The van der Waals surface area contributed by atoms with Gasteiger partial charge in [0.15, 0.2) is 0 Å². The Kier molecular flexibility index (Phi) is 2.79. The molecule has 5 nitrogen and oxygen atoms in total. The highest BCUT2D eigenvalue weighted by Crippen LogP contribution is 2.35. The van der Waals surface area contributed by atoms with Crippen LogP contribution in [0.5, 0.6) is 0 Å². The number of hydrogen-bond donors (Lipinski definition) is 1. The normalized spacial score (nSPS) is 23.0. The Morgan fingerprint density at radius 1 is 1.29 bits per heavy atom. The van der Waals surface area contributed by atoms with Crippen molar-refractivity contribution < 1.29 is 9.90 Å². The lowest BCUT2D eigenvalue weighted by molar-refractivity contribution is 0.0697. The molecule has 1 atom stereocenters. The van der Waals surface area contributed by atoms with E-state index in [-0.39, 0.29) is 0 Å². The third-order valence-electron chi connectivity index (χ3n) is 4.74. The molecule has 1 saturated heterocycles. The van der Waals surface area contributed by atoms with Crippen LogP contribution in [-0.4, -0.2) is 44.7 Å². The average Bonchev–Trinajstić information content (AvgIpc) is 3.10. The van der Waals surface area contributed by atoms with Crippen LogP contribution < -0.4 is 0 Å². The van der Waals surface area contributed by atoms with E-state index in [1.807, 2.05) is 13.0 Å². The molecule has 1 N–H and O–H groups in total. The highest BCUT2D eigenvalue weighted by atomic mass is 16.4. The summed E-state index contributed by atoms with van der Waals surface area (Å²) < 4.78 is 2.29. The molecule has 2 aliphatic rings. The zero-order valence-electron chi connectivity index (χ0n) is 12.1. The molecule has 5 heteroatoms. The SMILES string of the molecule is Cc1nc2cc(C(=O)O)ccc2n1C1CCN(C2CC2)C1. The maximum atomic E-state index is 11.1. The van der Waals surface area contributed by atoms with Gasteiger partial charge in [-0.15, -0.1) is 0 Å². The van der Waals surface area contributed by atoms with Gasteiger partial charge in [0, 0.05) is 25.2 Å². The second-order valence-electron chi connectivity index (χ2n) is 6.21. The topological polar surface area (TPSA) is 58.4 Å². The number of carbonyl (C=O) groups is 1. The minimum Gasteiger partial charge on any atom is -0.478 e. The third-order valence-corrected chi connectivity index (χ3v) is 4.74. The van der Waals surface area contributed by atoms with Crippen LogP contribution in [0.15, 0.2) is 18.2 Å². The minimum atomic E-state index is -0.898. The van der Waals surface area contributed by atoms with E-state index < -0.39 is 5.97 Å². The highest BCUT2D eigenvalue weighted by molar-refractivity contribution is 5.92. The van der Waals surface area contributed by atoms with Crippen LogP contribution in [0.1, 0.15) is 41.5 Å². The number of imidazole rings is 1. The monoisotopic (exact) mass is 285 g/mol. The molecule has 1 aromatic heterocycles. The van der Waals surface area contributed by atoms with Crippen LogP contribution in [0.2, 0.25) is 0 Å². The van der Waals surface area contributed by atoms with Gasteiger partial charge in [-0.2, -0.15) is 0 Å². The van der Waals surface area contributed by atoms with Gasteiger partial charge in [0.05, 0.1) is 16.6 Å². The number of carboxylic acids is 1. The highest BCUT2D eigenvalue weighted by Gasteiger charge is 2.35. The summed E-state index contributed by atoms with van der Waals surface area (Å²) in [6.07, 6.45) is 3.85. The number of aromatic carboxylic acids is 1. The number of carboxylic acid groups (broad SMARTS) is 1. The molecule has 1 aromatic carbocycles. The molecule has 4 rings (SSSR count). The Morgan fingerprint density at radius 2 is 2.10 bits per heavy atom. The van der Waals surface area contributed by atoms with Gasteiger partial charge in [-0.3, -0.25) is 4.90 Å². The number of benzene rings is 1. The largest absolute Gasteiger partial charge is 0.478 e. The lowest BCUT2D eigenvalue weighted by Crippen LogP contribution is -2.23. The van der Waals surface area contributed by atoms with Crippen molar-refractivity contribution in [2.45, 2.75) is 38.3 Å². The van der Waals surface area contributed by atoms with E-state index in [1.165, 1.54) is 19.4 Å². The quantitative estimate of drug-likeness (QED) is 0.941. The molecule has 0 amide bonds. The number of rotatable bonds is 3. The molecule has 2 aromatic rings. The molecular weight excluding hydrogens is 266 g/mol. The van der Waals surface area contributed by atoms with Crippen molar-refractivity contribution in [2.75, 3.05) is 13.1 Å². The molecule has 1 aliphatic heterocycles. The number of nitrogens with zero attached hydrogens (tertiary/aromatic N) is 3. The van der Waals surface area contributed by atoms with E-state index in [0.29, 0.717) is 11.6 Å². The van der Waals surface area contributed by atoms with Crippen molar-refractivity contribution in [3.63, 3.8) is 0 Å². The van der Waals surface area contributed by atoms with Crippen LogP contribution >= 0.6 is 0 Å². The number of aryl methyl sites for hydroxylation is 1. The summed E-state index contributed by atoms with van der Waals surface area (Å²) in [6, 6.07) is 6.53. The van der Waals surface area contributed by atoms with Crippen molar-refractivity contribution >= 4 is 17.0 Å². The Morgan fingerprint density at radius 3 is 2.81 bits per heavy atom. The molecule has 0 radical (unpaired) electrons. The van der Waals surface area contributed by atoms with E-state index in [9.17, 15) is 4.79 Å². The summed E-state index contributed by atoms with van der Waals surface area (Å²) >= 11 is 0. The number of aromatic nitrogens is 2. The predicted molar refractivity (Wildman–Crippen MR) is 79.7 cm³/mol. The van der Waals surface area contributed by atoms with Crippen LogP contribution in [0, 0.1) is 6.92 Å². The zero-order valence-corrected chi connectivity index (χ0v) is 12.1. The van der Waals surface area contributed by atoms with E-state index in [0.717, 1.165) is 35.9 Å². The van der Waals surface area contributed by atoms with Crippen LogP contribution in [0.3, 0.4) is 0 Å². The first-order chi connectivity index (χ1) is 10.1. The van der Waals surface area contributed by atoms with Crippen LogP contribution in [0.25, 0.3) is 11.0 Å². The molecule has 2 heterocycles. The molecule has 1 saturated carbocycles. The summed E-state index contributed by atoms with van der Waals surface area (Å²) in [5.41, 5.74) is 2.15. The Labute approximate surface area is 123 Å². The van der Waals surface area contributed by atoms with Crippen molar-refractivity contribution in [2.24, 2.45) is 0 Å². The van der Waals surface area contributed by atoms with Gasteiger partial charge < -0.3 is 9.67 Å². The van der Waals surface area contributed by atoms with E-state index in [2.05, 4.69) is 14.5 Å². The molecule has 1 aliphatic carbocycles. The molecule has 2 fully saturated rings. The molecule has 110 valence electrons. The molecule has 1 unspecified atom stereocenters. The van der Waals surface area contributed by atoms with E-state index >= 15 is 0 Å². The zero-order chi connectivity index (χ0) is 14.6. The Hall–Kier alpha value is -1.88. The second-order valence-corrected chi connectivity index (χ2v) is 6.21. The molecule has 0 spiro atoms. The van der Waals surface area contributed by atoms with E-state index in [1.54, 1.807) is 12.1 Å². The van der Waals surface area contributed by atoms with Crippen molar-refractivity contribution in [3.8, 4) is 0 Å². The fraction of sp³-hybridized carbons (Fsp3) is 0.500. The Bertz CT molecular complexity index is 718. The minimum absolute atomic E-state index is 0.304. The standard InChI is InChI=1S/C16H19N3O2/c1-10-17-14-8-11(16(20)21)2-5-15(14)19(10)13-6-7-18(9-13)12-3-4-12/h2,5,8,12-13H,3-4,6-7,9H2,1H3,(H,20,21). The summed E-state index contributed by atoms with van der Waals surface area (Å²) in [4.78, 5) is 18.2. The Balaban J connectivity index is 1.71. The number of hydrogen-bond acceptors (Lipinski definition) is 3. The summed E-state index contributed by atoms with van der Waals surface area (Å²) in [6.45, 7) is 4.28. The van der Waals surface area contributed by atoms with Gasteiger partial charge in [-0.1, -0.05) is 0 Å². The first kappa shape index (κ1) is 12.8. The second kappa shape index (κ2) is 4.56. The van der Waals surface area contributed by atoms with Gasteiger partial charge in [0.1, 0.15) is 5.82 Å². The number of fused-ring (bicyclic) bond motifs is 1. The smallest absolute Gasteiger partial charge is 0.335 e. The van der Waals surface area contributed by atoms with Gasteiger partial charge in [-0.25, -0.2) is 9.78 Å². The molecule has 0 bridgehead atoms. The first-order valence-electron chi connectivity index (χ1n) is 7.59. The predicted octanol–water partition coefficient (Wildman–Crippen LogP) is 2.45. The lowest BCUT2D eigenvalue weighted by Gasteiger charge is -2.17. The van der Waals surface area contributed by atoms with Crippen molar-refractivity contribution in [1.29, 1.82) is 0 Å². The maximum absolute atomic E-state index is 11.1. The fourth-order valence-electron chi connectivity index (χ4n) is 3.56. The van der Waals surface area contributed by atoms with Gasteiger partial charge in [0.2, 0.25) is 0 Å².